The number of aryl methyl sites for hydroxylation is 1. The molecule has 0 aromatic carbocycles. The molecule has 12 nitrogen and oxygen atoms in total. The van der Waals surface area contributed by atoms with Crippen LogP contribution in [-0.4, -0.2) is 53.7 Å². The molecule has 1 fully saturated rings. The molecule has 4 aromatic heterocycles. The molecule has 4 heterocycles. The molecule has 13 heteroatoms. The van der Waals surface area contributed by atoms with Crippen molar-refractivity contribution < 1.29 is 13.5 Å². The lowest BCUT2D eigenvalue weighted by Gasteiger charge is -2.16. The summed E-state index contributed by atoms with van der Waals surface area (Å²) in [6.45, 7) is 5.52. The van der Waals surface area contributed by atoms with Gasteiger partial charge in [-0.2, -0.15) is 0 Å². The van der Waals surface area contributed by atoms with Gasteiger partial charge in [-0.3, -0.25) is 14.3 Å². The Morgan fingerprint density at radius 2 is 1.89 bits per heavy atom. The lowest BCUT2D eigenvalue weighted by Crippen LogP contribution is -2.27. The number of aromatic nitrogens is 7. The second kappa shape index (κ2) is 9.47. The average molecular weight is 523 g/mol. The first-order valence-electron chi connectivity index (χ1n) is 12.0. The molecule has 0 saturated heterocycles. The largest absolute Gasteiger partial charge is 0.493 e. The van der Waals surface area contributed by atoms with Gasteiger partial charge in [0.25, 0.3) is 5.56 Å². The van der Waals surface area contributed by atoms with Gasteiger partial charge in [-0.1, -0.05) is 6.92 Å². The van der Waals surface area contributed by atoms with Gasteiger partial charge in [0.05, 0.1) is 34.3 Å². The minimum atomic E-state index is -3.36. The summed E-state index contributed by atoms with van der Waals surface area (Å²) in [6, 6.07) is 2.69. The lowest BCUT2D eigenvalue weighted by molar-refractivity contribution is 0.452. The summed E-state index contributed by atoms with van der Waals surface area (Å²) < 4.78 is 25.6. The van der Waals surface area contributed by atoms with E-state index in [9.17, 15) is 18.3 Å². The lowest BCUT2D eigenvalue weighted by atomic mass is 10.1. The number of hydrogen-bond acceptors (Lipinski definition) is 11. The van der Waals surface area contributed by atoms with Crippen molar-refractivity contribution in [1.29, 1.82) is 0 Å². The Labute approximate surface area is 212 Å². The molecule has 0 bridgehead atoms. The maximum atomic E-state index is 13.3. The number of nitrogens with one attached hydrogen (secondary N) is 1. The zero-order valence-electron chi connectivity index (χ0n) is 20.6. The van der Waals surface area contributed by atoms with Crippen molar-refractivity contribution in [3.63, 3.8) is 0 Å². The quantitative estimate of drug-likeness (QED) is 0.349. The van der Waals surface area contributed by atoms with Gasteiger partial charge in [0.2, 0.25) is 5.88 Å². The molecule has 0 aliphatic heterocycles. The molecule has 0 amide bonds. The Kier molecular flexibility index (Phi) is 6.31. The highest BCUT2D eigenvalue weighted by atomic mass is 32.2. The average Bonchev–Trinajstić information content (AvgIpc) is 3.74. The van der Waals surface area contributed by atoms with Crippen molar-refractivity contribution >= 4 is 26.8 Å². The van der Waals surface area contributed by atoms with Crippen molar-refractivity contribution in [2.45, 2.75) is 57.0 Å². The number of sulfone groups is 1. The van der Waals surface area contributed by atoms with Gasteiger partial charge >= 0.3 is 0 Å². The van der Waals surface area contributed by atoms with Crippen molar-refractivity contribution in [3.8, 4) is 17.3 Å². The molecule has 5 rings (SSSR count). The Balaban J connectivity index is 1.51. The van der Waals surface area contributed by atoms with Crippen LogP contribution in [0, 0.1) is 0 Å². The molecule has 1 aliphatic carbocycles. The van der Waals surface area contributed by atoms with Crippen LogP contribution in [-0.2, 0) is 16.4 Å². The summed E-state index contributed by atoms with van der Waals surface area (Å²) in [5.41, 5.74) is 1.96. The molecule has 37 heavy (non-hydrogen) atoms. The van der Waals surface area contributed by atoms with E-state index in [1.165, 1.54) is 29.4 Å². The predicted molar refractivity (Wildman–Crippen MR) is 136 cm³/mol. The van der Waals surface area contributed by atoms with E-state index in [4.69, 9.17) is 0 Å². The molecule has 0 radical (unpaired) electrons. The highest BCUT2D eigenvalue weighted by Crippen LogP contribution is 2.44. The van der Waals surface area contributed by atoms with E-state index < -0.39 is 15.9 Å². The highest BCUT2D eigenvalue weighted by Gasteiger charge is 2.31. The smallest absolute Gasteiger partial charge is 0.294 e. The molecule has 1 atom stereocenters. The van der Waals surface area contributed by atoms with Crippen LogP contribution < -0.4 is 10.9 Å². The fourth-order valence-corrected chi connectivity index (χ4v) is 4.91. The van der Waals surface area contributed by atoms with Gasteiger partial charge in [-0.05, 0) is 38.8 Å². The molecule has 2 N–H and O–H groups in total. The molecule has 1 saturated carbocycles. The molecular weight excluding hydrogens is 496 g/mol. The van der Waals surface area contributed by atoms with Crippen LogP contribution in [0.4, 0.5) is 5.82 Å². The molecule has 0 unspecified atom stereocenters. The SMILES string of the molecule is CCn1c(=O)c(N[C@H](C)c2ccc(S(=O)(=O)CC)cn2)nc2cnc(-c3c(O)ncnc3C3CC3)nc21. The third-order valence-corrected chi connectivity index (χ3v) is 8.06. The van der Waals surface area contributed by atoms with Gasteiger partial charge in [-0.25, -0.2) is 33.3 Å². The number of nitrogens with zero attached hydrogens (tertiary/aromatic N) is 7. The van der Waals surface area contributed by atoms with Crippen molar-refractivity contribution in [2.24, 2.45) is 0 Å². The summed E-state index contributed by atoms with van der Waals surface area (Å²) in [5, 5.41) is 13.5. The standard InChI is InChI=1S/C24H26N8O4S/c1-4-32-22-17(11-26-20(31-22)18-19(14-6-7-14)27-12-28-23(18)33)30-21(24(32)34)29-13(3)16-9-8-15(10-25-16)37(35,36)5-2/h8-14H,4-7H2,1-3H3,(H,29,30)(H,27,28,33)/t13-/m1/s1. The second-order valence-corrected chi connectivity index (χ2v) is 11.1. The van der Waals surface area contributed by atoms with Crippen LogP contribution in [0.5, 0.6) is 5.88 Å². The van der Waals surface area contributed by atoms with Gasteiger partial charge in [0.15, 0.2) is 27.1 Å². The van der Waals surface area contributed by atoms with Gasteiger partial charge in [-0.15, -0.1) is 0 Å². The van der Waals surface area contributed by atoms with Gasteiger partial charge < -0.3 is 10.4 Å². The first kappa shape index (κ1) is 24.7. The predicted octanol–water partition coefficient (Wildman–Crippen LogP) is 2.61. The van der Waals surface area contributed by atoms with Crippen LogP contribution in [0.25, 0.3) is 22.6 Å². The normalized spacial score (nSPS) is 14.6. The minimum absolute atomic E-state index is 0.0119. The van der Waals surface area contributed by atoms with E-state index in [-0.39, 0.29) is 39.6 Å². The summed E-state index contributed by atoms with van der Waals surface area (Å²) in [7, 11) is -3.36. The van der Waals surface area contributed by atoms with Crippen molar-refractivity contribution in [3.05, 3.63) is 52.6 Å². The third kappa shape index (κ3) is 4.61. The zero-order valence-corrected chi connectivity index (χ0v) is 21.4. The van der Waals surface area contributed by atoms with Crippen LogP contribution in [0.3, 0.4) is 0 Å². The van der Waals surface area contributed by atoms with Crippen LogP contribution in [0.15, 0.2) is 40.5 Å². The van der Waals surface area contributed by atoms with Gasteiger partial charge in [0, 0.05) is 18.7 Å². The summed E-state index contributed by atoms with van der Waals surface area (Å²) in [4.78, 5) is 39.4. The second-order valence-electron chi connectivity index (χ2n) is 8.83. The number of rotatable bonds is 8. The Morgan fingerprint density at radius 3 is 2.54 bits per heavy atom. The van der Waals surface area contributed by atoms with Crippen molar-refractivity contribution in [2.75, 3.05) is 11.1 Å². The molecular formula is C24H26N8O4S. The van der Waals surface area contributed by atoms with E-state index >= 15 is 0 Å². The fourth-order valence-electron chi connectivity index (χ4n) is 4.09. The van der Waals surface area contributed by atoms with Gasteiger partial charge in [0.1, 0.15) is 17.4 Å². The van der Waals surface area contributed by atoms with E-state index in [1.54, 1.807) is 19.9 Å². The van der Waals surface area contributed by atoms with E-state index in [0.29, 0.717) is 34.7 Å². The number of aromatic hydroxyl groups is 1. The van der Waals surface area contributed by atoms with Crippen LogP contribution >= 0.6 is 0 Å². The number of fused-ring (bicyclic) bond motifs is 1. The van der Waals surface area contributed by atoms with Crippen LogP contribution in [0.1, 0.15) is 57.0 Å². The number of hydrogen-bond donors (Lipinski definition) is 2. The molecule has 192 valence electrons. The maximum absolute atomic E-state index is 13.3. The number of anilines is 1. The first-order valence-corrected chi connectivity index (χ1v) is 13.7. The van der Waals surface area contributed by atoms with Crippen LogP contribution in [0.2, 0.25) is 0 Å². The molecule has 4 aromatic rings. The summed E-state index contributed by atoms with van der Waals surface area (Å²) >= 11 is 0. The minimum Gasteiger partial charge on any atom is -0.493 e. The first-order chi connectivity index (χ1) is 17.7. The zero-order chi connectivity index (χ0) is 26.3. The van der Waals surface area contributed by atoms with E-state index in [1.807, 2.05) is 6.92 Å². The van der Waals surface area contributed by atoms with E-state index in [0.717, 1.165) is 12.8 Å². The Bertz CT molecular complexity index is 1650. The molecule has 0 spiro atoms. The van der Waals surface area contributed by atoms with Crippen molar-refractivity contribution in [1.82, 2.24) is 34.5 Å². The van der Waals surface area contributed by atoms with E-state index in [2.05, 4.69) is 35.2 Å². The monoisotopic (exact) mass is 522 g/mol. The fraction of sp³-hybridized carbons (Fsp3) is 0.375. The molecule has 1 aliphatic rings. The highest BCUT2D eigenvalue weighted by molar-refractivity contribution is 7.91. The summed E-state index contributed by atoms with van der Waals surface area (Å²) in [6.07, 6.45) is 6.08. The Hall–Kier alpha value is -4.00. The topological polar surface area (TPSA) is 166 Å². The number of pyridine rings is 1. The Morgan fingerprint density at radius 1 is 1.11 bits per heavy atom. The maximum Gasteiger partial charge on any atom is 0.294 e. The third-order valence-electron chi connectivity index (χ3n) is 6.34. The summed E-state index contributed by atoms with van der Waals surface area (Å²) in [5.74, 6) is 0.340.